The van der Waals surface area contributed by atoms with Crippen LogP contribution >= 0.6 is 34.8 Å². The zero-order valence-electron chi connectivity index (χ0n) is 10.2. The van der Waals surface area contributed by atoms with Gasteiger partial charge in [0.15, 0.2) is 0 Å². The summed E-state index contributed by atoms with van der Waals surface area (Å²) in [5, 5.41) is 6.43. The Balaban J connectivity index is 2.24. The smallest absolute Gasteiger partial charge is 0.238 e. The number of sulfonamides is 1. The molecule has 2 aromatic rings. The van der Waals surface area contributed by atoms with Crippen molar-refractivity contribution in [3.63, 3.8) is 0 Å². The fourth-order valence-electron chi connectivity index (χ4n) is 1.48. The normalized spacial score (nSPS) is 11.4. The number of benzene rings is 1. The van der Waals surface area contributed by atoms with Gasteiger partial charge in [0, 0.05) is 16.1 Å². The molecule has 0 aliphatic carbocycles. The Morgan fingerprint density at radius 2 is 1.90 bits per heavy atom. The Bertz CT molecular complexity index is 836. The van der Waals surface area contributed by atoms with E-state index in [1.54, 1.807) is 0 Å². The van der Waals surface area contributed by atoms with Crippen LogP contribution in [-0.2, 0) is 15.8 Å². The second-order valence-electron chi connectivity index (χ2n) is 4.03. The lowest BCUT2D eigenvalue weighted by atomic mass is 10.2. The summed E-state index contributed by atoms with van der Waals surface area (Å²) in [7, 11) is -3.86. The maximum absolute atomic E-state index is 12.0. The van der Waals surface area contributed by atoms with Crippen LogP contribution in [0.15, 0.2) is 29.1 Å². The van der Waals surface area contributed by atoms with E-state index in [0.29, 0.717) is 10.6 Å². The monoisotopic (exact) mass is 367 g/mol. The second-order valence-corrected chi connectivity index (χ2v) is 7.00. The first-order chi connectivity index (χ1) is 9.77. The quantitative estimate of drug-likeness (QED) is 0.868. The van der Waals surface area contributed by atoms with Gasteiger partial charge < -0.3 is 0 Å². The van der Waals surface area contributed by atoms with Crippen LogP contribution in [0.5, 0.6) is 0 Å². The van der Waals surface area contributed by atoms with Crippen LogP contribution in [0, 0.1) is 0 Å². The van der Waals surface area contributed by atoms with Crippen LogP contribution in [0.3, 0.4) is 0 Å². The molecule has 6 nitrogen and oxygen atoms in total. The third kappa shape index (κ3) is 4.34. The lowest BCUT2D eigenvalue weighted by molar-refractivity contribution is 0.600. The van der Waals surface area contributed by atoms with E-state index >= 15 is 0 Å². The summed E-state index contributed by atoms with van der Waals surface area (Å²) in [4.78, 5) is 11.5. The number of H-pyrrole nitrogens is 1. The highest BCUT2D eigenvalue weighted by molar-refractivity contribution is 7.91. The first kappa shape index (κ1) is 16.1. The fraction of sp³-hybridized carbons (Fsp3) is 0.0909. The van der Waals surface area contributed by atoms with E-state index in [2.05, 4.69) is 14.9 Å². The first-order valence-electron chi connectivity index (χ1n) is 5.46. The van der Waals surface area contributed by atoms with Gasteiger partial charge in [-0.3, -0.25) is 14.6 Å². The minimum atomic E-state index is -3.86. The Morgan fingerprint density at radius 3 is 2.52 bits per heavy atom. The number of halogens is 3. The van der Waals surface area contributed by atoms with E-state index < -0.39 is 21.2 Å². The summed E-state index contributed by atoms with van der Waals surface area (Å²) in [6.45, 7) is 0. The predicted octanol–water partition coefficient (Wildman–Crippen LogP) is 2.67. The third-order valence-corrected chi connectivity index (χ3v) is 4.35. The molecule has 0 fully saturated rings. The molecule has 0 aliphatic heterocycles. The Morgan fingerprint density at radius 1 is 1.19 bits per heavy atom. The zero-order chi connectivity index (χ0) is 15.6. The number of aromatic nitrogens is 2. The lowest BCUT2D eigenvalue weighted by Gasteiger charge is -2.08. The van der Waals surface area contributed by atoms with Crippen molar-refractivity contribution in [1.29, 1.82) is 0 Å². The summed E-state index contributed by atoms with van der Waals surface area (Å²) >= 11 is 17.2. The zero-order valence-corrected chi connectivity index (χ0v) is 13.3. The Labute approximate surface area is 135 Å². The van der Waals surface area contributed by atoms with Crippen LogP contribution in [0.4, 0.5) is 5.82 Å². The molecule has 21 heavy (non-hydrogen) atoms. The third-order valence-electron chi connectivity index (χ3n) is 2.38. The summed E-state index contributed by atoms with van der Waals surface area (Å²) in [5.41, 5.74) is -0.302. The van der Waals surface area contributed by atoms with E-state index in [1.807, 2.05) is 0 Å². The molecule has 1 aromatic heterocycles. The lowest BCUT2D eigenvalue weighted by Crippen LogP contribution is -2.21. The summed E-state index contributed by atoms with van der Waals surface area (Å²) in [6.07, 6.45) is 0. The molecule has 0 aliphatic rings. The molecular weight excluding hydrogens is 361 g/mol. The molecule has 1 heterocycles. The van der Waals surface area contributed by atoms with Crippen molar-refractivity contribution in [2.45, 2.75) is 5.75 Å². The van der Waals surface area contributed by atoms with Gasteiger partial charge in [-0.2, -0.15) is 5.10 Å². The molecule has 10 heteroatoms. The van der Waals surface area contributed by atoms with Crippen LogP contribution < -0.4 is 10.2 Å². The average Bonchev–Trinajstić information content (AvgIpc) is 2.36. The second kappa shape index (κ2) is 6.23. The number of hydrogen-bond acceptors (Lipinski definition) is 4. The summed E-state index contributed by atoms with van der Waals surface area (Å²) < 4.78 is 26.1. The van der Waals surface area contributed by atoms with E-state index in [-0.39, 0.29) is 16.0 Å². The molecule has 0 bridgehead atoms. The minimum absolute atomic E-state index is 0.00342. The standard InChI is InChI=1S/C11H8Cl3N3O3S/c12-7-2-1-6(8(13)3-7)5-21(19,20)17-11-9(18)4-10(14)15-16-11/h1-4H,5H2,(H,15,18)(H,16,17). The molecule has 2 N–H and O–H groups in total. The van der Waals surface area contributed by atoms with E-state index in [1.165, 1.54) is 18.2 Å². The number of anilines is 1. The van der Waals surface area contributed by atoms with Crippen LogP contribution in [-0.4, -0.2) is 18.6 Å². The summed E-state index contributed by atoms with van der Waals surface area (Å²) in [6, 6.07) is 5.46. The van der Waals surface area contributed by atoms with Crippen molar-refractivity contribution in [1.82, 2.24) is 10.2 Å². The molecule has 2 rings (SSSR count). The predicted molar refractivity (Wildman–Crippen MR) is 82.6 cm³/mol. The SMILES string of the molecule is O=c1cc(Cl)[nH]nc1NS(=O)(=O)Cc1ccc(Cl)cc1Cl. The molecule has 0 radical (unpaired) electrons. The molecular formula is C11H8Cl3N3O3S. The van der Waals surface area contributed by atoms with Gasteiger partial charge in [0.2, 0.25) is 21.3 Å². The molecule has 0 unspecified atom stereocenters. The highest BCUT2D eigenvalue weighted by atomic mass is 35.5. The van der Waals surface area contributed by atoms with Crippen molar-refractivity contribution in [3.05, 3.63) is 55.3 Å². The minimum Gasteiger partial charge on any atom is -0.286 e. The van der Waals surface area contributed by atoms with Crippen LogP contribution in [0.2, 0.25) is 15.2 Å². The van der Waals surface area contributed by atoms with Crippen molar-refractivity contribution in [2.75, 3.05) is 4.72 Å². The highest BCUT2D eigenvalue weighted by Crippen LogP contribution is 2.23. The number of hydrogen-bond donors (Lipinski definition) is 2. The largest absolute Gasteiger partial charge is 0.286 e. The van der Waals surface area contributed by atoms with Crippen molar-refractivity contribution >= 4 is 50.6 Å². The van der Waals surface area contributed by atoms with Gasteiger partial charge in [0.25, 0.3) is 0 Å². The van der Waals surface area contributed by atoms with Crippen molar-refractivity contribution in [2.24, 2.45) is 0 Å². The number of nitrogens with zero attached hydrogens (tertiary/aromatic N) is 1. The average molecular weight is 369 g/mol. The molecule has 0 atom stereocenters. The number of rotatable bonds is 4. The molecule has 112 valence electrons. The molecule has 1 aromatic carbocycles. The highest BCUT2D eigenvalue weighted by Gasteiger charge is 2.17. The Hall–Kier alpha value is -1.28. The van der Waals surface area contributed by atoms with Gasteiger partial charge in [-0.05, 0) is 17.7 Å². The van der Waals surface area contributed by atoms with E-state index in [9.17, 15) is 13.2 Å². The van der Waals surface area contributed by atoms with Gasteiger partial charge in [-0.1, -0.05) is 40.9 Å². The topological polar surface area (TPSA) is 91.9 Å². The van der Waals surface area contributed by atoms with Gasteiger partial charge in [-0.25, -0.2) is 8.42 Å². The van der Waals surface area contributed by atoms with Crippen LogP contribution in [0.25, 0.3) is 0 Å². The maximum Gasteiger partial charge on any atom is 0.238 e. The van der Waals surface area contributed by atoms with Crippen molar-refractivity contribution < 1.29 is 8.42 Å². The van der Waals surface area contributed by atoms with Crippen LogP contribution in [0.1, 0.15) is 5.56 Å². The number of aromatic amines is 1. The van der Waals surface area contributed by atoms with Gasteiger partial charge in [0.05, 0.1) is 5.75 Å². The number of nitrogens with one attached hydrogen (secondary N) is 2. The molecule has 0 saturated carbocycles. The van der Waals surface area contributed by atoms with Gasteiger partial charge in [0.1, 0.15) is 5.15 Å². The van der Waals surface area contributed by atoms with Crippen molar-refractivity contribution in [3.8, 4) is 0 Å². The first-order valence-corrected chi connectivity index (χ1v) is 8.25. The van der Waals surface area contributed by atoms with E-state index in [4.69, 9.17) is 34.8 Å². The van der Waals surface area contributed by atoms with E-state index in [0.717, 1.165) is 6.07 Å². The van der Waals surface area contributed by atoms with Gasteiger partial charge >= 0.3 is 0 Å². The molecule has 0 spiro atoms. The maximum atomic E-state index is 12.0. The summed E-state index contributed by atoms with van der Waals surface area (Å²) in [5.74, 6) is -0.795. The molecule has 0 saturated heterocycles. The molecule has 0 amide bonds. The van der Waals surface area contributed by atoms with Gasteiger partial charge in [-0.15, -0.1) is 0 Å². The Kier molecular flexibility index (Phi) is 4.77. The fourth-order valence-corrected chi connectivity index (χ4v) is 3.35.